The summed E-state index contributed by atoms with van der Waals surface area (Å²) in [7, 11) is 0. The average molecular weight is 494 g/mol. The van der Waals surface area contributed by atoms with Gasteiger partial charge in [0.25, 0.3) is 5.91 Å². The number of piperidine rings is 1. The van der Waals surface area contributed by atoms with Crippen LogP contribution in [0.15, 0.2) is 71.5 Å². The third kappa shape index (κ3) is 3.98. The summed E-state index contributed by atoms with van der Waals surface area (Å²) in [4.78, 5) is 19.8. The van der Waals surface area contributed by atoms with Gasteiger partial charge in [0, 0.05) is 25.0 Å². The summed E-state index contributed by atoms with van der Waals surface area (Å²) in [5, 5.41) is 7.61. The number of aromatic nitrogens is 3. The van der Waals surface area contributed by atoms with Crippen molar-refractivity contribution in [1.82, 2.24) is 19.5 Å². The number of rotatable bonds is 4. The minimum atomic E-state index is -0.324. The summed E-state index contributed by atoms with van der Waals surface area (Å²) in [6.07, 6.45) is 5.05. The van der Waals surface area contributed by atoms with Gasteiger partial charge in [0.05, 0.1) is 10.7 Å². The summed E-state index contributed by atoms with van der Waals surface area (Å²) >= 11 is 3.44. The van der Waals surface area contributed by atoms with Gasteiger partial charge in [-0.2, -0.15) is 9.61 Å². The average Bonchev–Trinajstić information content (AvgIpc) is 3.22. The number of benzene rings is 2. The Bertz CT molecular complexity index is 1250. The summed E-state index contributed by atoms with van der Waals surface area (Å²) in [5.41, 5.74) is 3.00. The molecule has 4 aromatic rings. The summed E-state index contributed by atoms with van der Waals surface area (Å²) < 4.78 is 15.7. The van der Waals surface area contributed by atoms with Crippen LogP contribution >= 0.6 is 15.9 Å². The van der Waals surface area contributed by atoms with E-state index in [1.807, 2.05) is 11.0 Å². The first-order valence-electron chi connectivity index (χ1n) is 10.5. The fraction of sp³-hybridized carbons (Fsp3) is 0.208. The van der Waals surface area contributed by atoms with E-state index in [-0.39, 0.29) is 11.7 Å². The van der Waals surface area contributed by atoms with Crippen molar-refractivity contribution in [2.75, 3.05) is 18.4 Å². The quantitative estimate of drug-likeness (QED) is 0.413. The Hall–Kier alpha value is -3.26. The van der Waals surface area contributed by atoms with Gasteiger partial charge in [-0.05, 0) is 64.5 Å². The van der Waals surface area contributed by atoms with E-state index >= 15 is 0 Å². The molecule has 0 radical (unpaired) electrons. The molecule has 2 aromatic carbocycles. The first-order valence-corrected chi connectivity index (χ1v) is 11.3. The van der Waals surface area contributed by atoms with E-state index in [0.717, 1.165) is 17.3 Å². The Morgan fingerprint density at radius 3 is 2.47 bits per heavy atom. The highest BCUT2D eigenvalue weighted by molar-refractivity contribution is 9.10. The Morgan fingerprint density at radius 2 is 1.75 bits per heavy atom. The van der Waals surface area contributed by atoms with E-state index in [1.165, 1.54) is 17.7 Å². The molecule has 0 saturated carbocycles. The number of halogens is 2. The van der Waals surface area contributed by atoms with Gasteiger partial charge in [0.15, 0.2) is 5.65 Å². The number of anilines is 2. The van der Waals surface area contributed by atoms with Crippen LogP contribution in [0.25, 0.3) is 5.65 Å². The van der Waals surface area contributed by atoms with Crippen molar-refractivity contribution >= 4 is 39.0 Å². The lowest BCUT2D eigenvalue weighted by Crippen LogP contribution is -2.38. The van der Waals surface area contributed by atoms with Crippen LogP contribution in [0.1, 0.15) is 34.7 Å². The monoisotopic (exact) mass is 493 g/mol. The van der Waals surface area contributed by atoms with Crippen molar-refractivity contribution in [2.45, 2.75) is 18.8 Å². The minimum Gasteiger partial charge on any atom is -0.339 e. The third-order valence-electron chi connectivity index (χ3n) is 5.87. The van der Waals surface area contributed by atoms with Crippen LogP contribution in [-0.4, -0.2) is 38.5 Å². The lowest BCUT2D eigenvalue weighted by atomic mass is 9.89. The minimum absolute atomic E-state index is 0.0952. The molecule has 3 heterocycles. The smallest absolute Gasteiger partial charge is 0.259 e. The van der Waals surface area contributed by atoms with Crippen LogP contribution in [0.3, 0.4) is 0 Å². The molecule has 0 spiro atoms. The number of carbonyl (C=O) groups excluding carboxylic acids is 1. The van der Waals surface area contributed by atoms with Crippen molar-refractivity contribution < 1.29 is 9.18 Å². The topological polar surface area (TPSA) is 62.5 Å². The van der Waals surface area contributed by atoms with E-state index in [9.17, 15) is 9.18 Å². The molecular weight excluding hydrogens is 473 g/mol. The molecule has 1 aliphatic heterocycles. The number of amides is 1. The molecule has 0 atom stereocenters. The zero-order valence-corrected chi connectivity index (χ0v) is 18.8. The number of likely N-dealkylation sites (tertiary alicyclic amines) is 1. The van der Waals surface area contributed by atoms with Crippen LogP contribution in [0.5, 0.6) is 0 Å². The van der Waals surface area contributed by atoms with Gasteiger partial charge in [-0.1, -0.05) is 30.3 Å². The lowest BCUT2D eigenvalue weighted by molar-refractivity contribution is 0.0713. The van der Waals surface area contributed by atoms with Crippen molar-refractivity contribution in [3.63, 3.8) is 0 Å². The molecular formula is C24H21BrFN5O. The number of nitrogens with one attached hydrogen (secondary N) is 1. The van der Waals surface area contributed by atoms with Gasteiger partial charge in [0.2, 0.25) is 0 Å². The molecule has 5 rings (SSSR count). The lowest BCUT2D eigenvalue weighted by Gasteiger charge is -2.32. The first kappa shape index (κ1) is 20.6. The second kappa shape index (κ2) is 8.70. The van der Waals surface area contributed by atoms with Gasteiger partial charge >= 0.3 is 0 Å². The molecule has 0 unspecified atom stereocenters. The Morgan fingerprint density at radius 1 is 1.03 bits per heavy atom. The molecule has 0 aliphatic carbocycles. The number of nitrogens with zero attached hydrogens (tertiary/aromatic N) is 4. The van der Waals surface area contributed by atoms with Crippen molar-refractivity contribution in [2.24, 2.45) is 0 Å². The Kier molecular flexibility index (Phi) is 5.61. The summed E-state index contributed by atoms with van der Waals surface area (Å²) in [6.45, 7) is 1.35. The van der Waals surface area contributed by atoms with Crippen LogP contribution in [0.4, 0.5) is 15.9 Å². The fourth-order valence-corrected chi connectivity index (χ4v) is 4.52. The van der Waals surface area contributed by atoms with E-state index in [2.05, 4.69) is 55.6 Å². The molecule has 32 heavy (non-hydrogen) atoms. The second-order valence-electron chi connectivity index (χ2n) is 7.86. The number of hydrogen-bond donors (Lipinski definition) is 1. The van der Waals surface area contributed by atoms with Crippen molar-refractivity contribution in [3.8, 4) is 0 Å². The molecule has 1 N–H and O–H groups in total. The van der Waals surface area contributed by atoms with Gasteiger partial charge in [0.1, 0.15) is 17.2 Å². The number of fused-ring (bicyclic) bond motifs is 1. The van der Waals surface area contributed by atoms with Crippen LogP contribution < -0.4 is 5.32 Å². The second-order valence-corrected chi connectivity index (χ2v) is 8.71. The van der Waals surface area contributed by atoms with E-state index in [1.54, 1.807) is 29.0 Å². The molecule has 0 bridgehead atoms. The molecule has 1 fully saturated rings. The molecule has 6 nitrogen and oxygen atoms in total. The van der Waals surface area contributed by atoms with Crippen molar-refractivity contribution in [1.29, 1.82) is 0 Å². The van der Waals surface area contributed by atoms with Crippen LogP contribution in [-0.2, 0) is 0 Å². The number of carbonyl (C=O) groups is 1. The van der Waals surface area contributed by atoms with E-state index in [0.29, 0.717) is 41.7 Å². The predicted octanol–water partition coefficient (Wildman–Crippen LogP) is 5.39. The standard InChI is InChI=1S/C24H21BrFN5O/c25-21-15-28-31-22(29-19-8-6-18(26)7-9-19)20(14-27-23(21)31)24(32)30-12-10-17(11-13-30)16-4-2-1-3-5-16/h1-9,14-15,17,29H,10-13H2. The molecule has 1 amide bonds. The summed E-state index contributed by atoms with van der Waals surface area (Å²) in [5.74, 6) is 0.541. The highest BCUT2D eigenvalue weighted by Gasteiger charge is 2.27. The molecule has 1 aliphatic rings. The maximum Gasteiger partial charge on any atom is 0.259 e. The molecule has 1 saturated heterocycles. The van der Waals surface area contributed by atoms with E-state index in [4.69, 9.17) is 0 Å². The highest BCUT2D eigenvalue weighted by atomic mass is 79.9. The molecule has 8 heteroatoms. The van der Waals surface area contributed by atoms with Crippen molar-refractivity contribution in [3.05, 3.63) is 88.4 Å². The zero-order valence-electron chi connectivity index (χ0n) is 17.2. The Balaban J connectivity index is 1.43. The SMILES string of the molecule is O=C(c1cnc2c(Br)cnn2c1Nc1ccc(F)cc1)N1CCC(c2ccccc2)CC1. The van der Waals surface area contributed by atoms with Crippen LogP contribution in [0.2, 0.25) is 0 Å². The normalized spacial score (nSPS) is 14.6. The highest BCUT2D eigenvalue weighted by Crippen LogP contribution is 2.30. The largest absolute Gasteiger partial charge is 0.339 e. The zero-order chi connectivity index (χ0) is 22.1. The Labute approximate surface area is 193 Å². The molecule has 2 aromatic heterocycles. The van der Waals surface area contributed by atoms with Gasteiger partial charge < -0.3 is 10.2 Å². The maximum atomic E-state index is 13.5. The number of hydrogen-bond acceptors (Lipinski definition) is 4. The van der Waals surface area contributed by atoms with Gasteiger partial charge in [-0.15, -0.1) is 0 Å². The maximum absolute atomic E-state index is 13.5. The predicted molar refractivity (Wildman–Crippen MR) is 125 cm³/mol. The van der Waals surface area contributed by atoms with Gasteiger partial charge in [-0.3, -0.25) is 4.79 Å². The van der Waals surface area contributed by atoms with E-state index < -0.39 is 0 Å². The third-order valence-corrected chi connectivity index (χ3v) is 6.43. The fourth-order valence-electron chi connectivity index (χ4n) is 4.16. The van der Waals surface area contributed by atoms with Gasteiger partial charge in [-0.25, -0.2) is 9.37 Å². The first-order chi connectivity index (χ1) is 15.6. The van der Waals surface area contributed by atoms with Crippen LogP contribution in [0, 0.1) is 5.82 Å². The summed E-state index contributed by atoms with van der Waals surface area (Å²) in [6, 6.07) is 16.4. The molecule has 162 valence electrons.